The fourth-order valence-electron chi connectivity index (χ4n) is 1.64. The van der Waals surface area contributed by atoms with Gasteiger partial charge in [-0.1, -0.05) is 24.3 Å². The third-order valence-electron chi connectivity index (χ3n) is 2.67. The van der Waals surface area contributed by atoms with E-state index in [2.05, 4.69) is 0 Å². The molecule has 88 valence electrons. The first kappa shape index (κ1) is 11.2. The van der Waals surface area contributed by atoms with Gasteiger partial charge in [-0.25, -0.2) is 4.79 Å². The molecule has 1 heterocycles. The lowest BCUT2D eigenvalue weighted by atomic mass is 10.2. The minimum atomic E-state index is -0.549. The van der Waals surface area contributed by atoms with Gasteiger partial charge in [-0.3, -0.25) is 13.9 Å². The second-order valence-electron chi connectivity index (χ2n) is 3.81. The Labute approximate surface area is 97.3 Å². The van der Waals surface area contributed by atoms with Gasteiger partial charge < -0.3 is 5.11 Å². The van der Waals surface area contributed by atoms with E-state index in [1.54, 1.807) is 6.08 Å². The lowest BCUT2D eigenvalue weighted by Gasteiger charge is -2.07. The second-order valence-corrected chi connectivity index (χ2v) is 3.81. The van der Waals surface area contributed by atoms with Crippen molar-refractivity contribution in [1.29, 1.82) is 0 Å². The van der Waals surface area contributed by atoms with Gasteiger partial charge in [0, 0.05) is 14.1 Å². The number of aromatic nitrogens is 2. The highest BCUT2D eigenvalue weighted by Crippen LogP contribution is 2.16. The first-order valence-electron chi connectivity index (χ1n) is 5.08. The van der Waals surface area contributed by atoms with E-state index in [0.717, 1.165) is 14.7 Å². The van der Waals surface area contributed by atoms with Crippen molar-refractivity contribution < 1.29 is 5.11 Å². The first-order chi connectivity index (χ1) is 8.02. The lowest BCUT2D eigenvalue weighted by Crippen LogP contribution is -2.37. The molecule has 0 atom stereocenters. The zero-order valence-corrected chi connectivity index (χ0v) is 9.54. The molecule has 1 aromatic rings. The van der Waals surface area contributed by atoms with Crippen LogP contribution in [0.1, 0.15) is 5.56 Å². The summed E-state index contributed by atoms with van der Waals surface area (Å²) < 4.78 is 2.00. The summed E-state index contributed by atoms with van der Waals surface area (Å²) in [5, 5.41) is 9.80. The highest BCUT2D eigenvalue weighted by molar-refractivity contribution is 5.64. The number of hydrogen-bond donors (Lipinski definition) is 1. The molecule has 1 aliphatic rings. The van der Waals surface area contributed by atoms with E-state index >= 15 is 0 Å². The molecule has 1 aromatic heterocycles. The van der Waals surface area contributed by atoms with Crippen molar-refractivity contribution in [3.8, 4) is 5.88 Å². The zero-order chi connectivity index (χ0) is 12.6. The maximum absolute atomic E-state index is 11.8. The molecule has 0 radical (unpaired) electrons. The van der Waals surface area contributed by atoms with Crippen molar-refractivity contribution in [2.45, 2.75) is 0 Å². The normalized spacial score (nSPS) is 13.4. The van der Waals surface area contributed by atoms with Crippen LogP contribution in [0.15, 0.2) is 39.5 Å². The fourth-order valence-corrected chi connectivity index (χ4v) is 1.64. The third-order valence-corrected chi connectivity index (χ3v) is 2.67. The average molecular weight is 232 g/mol. The van der Waals surface area contributed by atoms with Crippen molar-refractivity contribution in [3.63, 3.8) is 0 Å². The van der Waals surface area contributed by atoms with Crippen LogP contribution in [-0.4, -0.2) is 14.2 Å². The molecular weight excluding hydrogens is 220 g/mol. The molecule has 0 saturated carbocycles. The molecule has 1 N–H and O–H groups in total. The minimum absolute atomic E-state index is 0.112. The number of hydrogen-bond acceptors (Lipinski definition) is 3. The van der Waals surface area contributed by atoms with Gasteiger partial charge in [-0.2, -0.15) is 0 Å². The van der Waals surface area contributed by atoms with E-state index in [1.807, 2.05) is 24.3 Å². The van der Waals surface area contributed by atoms with Gasteiger partial charge in [0.2, 0.25) is 5.88 Å². The molecule has 0 aromatic carbocycles. The molecule has 0 aliphatic heterocycles. The number of aromatic hydroxyl groups is 1. The Morgan fingerprint density at radius 1 is 1.12 bits per heavy atom. The summed E-state index contributed by atoms with van der Waals surface area (Å²) in [7, 11) is 2.80. The maximum atomic E-state index is 11.8. The van der Waals surface area contributed by atoms with Gasteiger partial charge in [0.15, 0.2) is 0 Å². The van der Waals surface area contributed by atoms with Gasteiger partial charge in [-0.15, -0.1) is 0 Å². The molecule has 17 heavy (non-hydrogen) atoms. The SMILES string of the molecule is Cn1c(O)c(C=C2C=CC=C2)c(=O)n(C)c1=O. The lowest BCUT2D eigenvalue weighted by molar-refractivity contribution is 0.410. The summed E-state index contributed by atoms with van der Waals surface area (Å²) in [4.78, 5) is 23.4. The van der Waals surface area contributed by atoms with Crippen LogP contribution in [0.5, 0.6) is 5.88 Å². The molecule has 2 rings (SSSR count). The zero-order valence-electron chi connectivity index (χ0n) is 9.54. The van der Waals surface area contributed by atoms with E-state index in [1.165, 1.54) is 14.1 Å². The molecule has 0 bridgehead atoms. The molecule has 0 saturated heterocycles. The van der Waals surface area contributed by atoms with Gasteiger partial charge >= 0.3 is 5.69 Å². The Hall–Kier alpha value is -2.30. The molecule has 0 spiro atoms. The van der Waals surface area contributed by atoms with Crippen LogP contribution in [0, 0.1) is 0 Å². The summed E-state index contributed by atoms with van der Waals surface area (Å²) in [6, 6.07) is 0. The van der Waals surface area contributed by atoms with Crippen molar-refractivity contribution in [3.05, 3.63) is 56.3 Å². The van der Waals surface area contributed by atoms with E-state index in [0.29, 0.717) is 0 Å². The van der Waals surface area contributed by atoms with E-state index in [9.17, 15) is 14.7 Å². The predicted molar refractivity (Wildman–Crippen MR) is 64.8 cm³/mol. The maximum Gasteiger partial charge on any atom is 0.333 e. The van der Waals surface area contributed by atoms with Crippen LogP contribution in [-0.2, 0) is 14.1 Å². The highest BCUT2D eigenvalue weighted by atomic mass is 16.3. The monoisotopic (exact) mass is 232 g/mol. The van der Waals surface area contributed by atoms with Crippen molar-refractivity contribution in [1.82, 2.24) is 9.13 Å². The largest absolute Gasteiger partial charge is 0.494 e. The minimum Gasteiger partial charge on any atom is -0.494 e. The van der Waals surface area contributed by atoms with Crippen LogP contribution >= 0.6 is 0 Å². The van der Waals surface area contributed by atoms with Crippen LogP contribution in [0.2, 0.25) is 0 Å². The predicted octanol–water partition coefficient (Wildman–Crippen LogP) is 0.299. The summed E-state index contributed by atoms with van der Waals surface area (Å²) in [5.74, 6) is -0.320. The molecule has 5 nitrogen and oxygen atoms in total. The van der Waals surface area contributed by atoms with Gasteiger partial charge in [0.25, 0.3) is 5.56 Å². The molecular formula is C12H12N2O3. The average Bonchev–Trinajstić information content (AvgIpc) is 2.82. The van der Waals surface area contributed by atoms with Crippen LogP contribution in [0.4, 0.5) is 0 Å². The van der Waals surface area contributed by atoms with Crippen LogP contribution < -0.4 is 11.2 Å². The number of nitrogens with zero attached hydrogens (tertiary/aromatic N) is 2. The number of rotatable bonds is 1. The van der Waals surface area contributed by atoms with Gasteiger partial charge in [-0.05, 0) is 11.6 Å². The Morgan fingerprint density at radius 3 is 2.29 bits per heavy atom. The van der Waals surface area contributed by atoms with Gasteiger partial charge in [0.1, 0.15) is 5.56 Å². The standard InChI is InChI=1S/C12H12N2O3/c1-13-10(15)9(7-8-5-3-4-6-8)11(16)14(2)12(13)17/h3-7,15H,1-2H3. The summed E-state index contributed by atoms with van der Waals surface area (Å²) >= 11 is 0. The highest BCUT2D eigenvalue weighted by Gasteiger charge is 2.12. The van der Waals surface area contributed by atoms with Crippen LogP contribution in [0.3, 0.4) is 0 Å². The van der Waals surface area contributed by atoms with E-state index in [-0.39, 0.29) is 11.4 Å². The Kier molecular flexibility index (Phi) is 2.59. The van der Waals surface area contributed by atoms with Crippen molar-refractivity contribution >= 4 is 6.08 Å². The second kappa shape index (κ2) is 3.93. The quantitative estimate of drug-likeness (QED) is 0.757. The molecule has 0 unspecified atom stereocenters. The summed E-state index contributed by atoms with van der Waals surface area (Å²) in [6.45, 7) is 0. The Balaban J connectivity index is 2.75. The topological polar surface area (TPSA) is 64.2 Å². The van der Waals surface area contributed by atoms with Crippen molar-refractivity contribution in [2.24, 2.45) is 14.1 Å². The van der Waals surface area contributed by atoms with E-state index < -0.39 is 11.2 Å². The fraction of sp³-hybridized carbons (Fsp3) is 0.167. The molecule has 0 amide bonds. The molecule has 5 heteroatoms. The molecule has 0 fully saturated rings. The smallest absolute Gasteiger partial charge is 0.333 e. The van der Waals surface area contributed by atoms with Crippen molar-refractivity contribution in [2.75, 3.05) is 0 Å². The Bertz CT molecular complexity index is 658. The molecule has 1 aliphatic carbocycles. The Morgan fingerprint density at radius 2 is 1.71 bits per heavy atom. The number of allylic oxidation sites excluding steroid dienone is 5. The van der Waals surface area contributed by atoms with Crippen LogP contribution in [0.25, 0.3) is 6.08 Å². The third kappa shape index (κ3) is 1.75. The first-order valence-corrected chi connectivity index (χ1v) is 5.08. The summed E-state index contributed by atoms with van der Waals surface area (Å²) in [6.07, 6.45) is 8.83. The van der Waals surface area contributed by atoms with E-state index in [4.69, 9.17) is 0 Å². The summed E-state index contributed by atoms with van der Waals surface area (Å²) in [5.41, 5.74) is -0.143. The van der Waals surface area contributed by atoms with Gasteiger partial charge in [0.05, 0.1) is 0 Å².